The molecule has 0 bridgehead atoms. The van der Waals surface area contributed by atoms with Crippen LogP contribution in [0.3, 0.4) is 0 Å². The molecule has 7 heteroatoms. The molecule has 0 radical (unpaired) electrons. The molecule has 1 N–H and O–H groups in total. The number of carbonyl (C=O) groups is 1. The van der Waals surface area contributed by atoms with Gasteiger partial charge in [-0.2, -0.15) is 0 Å². The number of ether oxygens (including phenoxy) is 1. The SMILES string of the molecule is CC(C)(C)OC(=O)NCC#Cc1ccncc1[N+](=O)[O-]. The zero-order valence-electron chi connectivity index (χ0n) is 11.5. The van der Waals surface area contributed by atoms with E-state index in [1.54, 1.807) is 20.8 Å². The molecular formula is C13H15N3O4. The van der Waals surface area contributed by atoms with E-state index in [2.05, 4.69) is 22.1 Å². The van der Waals surface area contributed by atoms with E-state index in [1.807, 2.05) is 0 Å². The first-order chi connectivity index (χ1) is 9.29. The quantitative estimate of drug-likeness (QED) is 0.506. The van der Waals surface area contributed by atoms with Gasteiger partial charge in [0.2, 0.25) is 0 Å². The van der Waals surface area contributed by atoms with Crippen LogP contribution in [0.2, 0.25) is 0 Å². The first kappa shape index (κ1) is 15.4. The van der Waals surface area contributed by atoms with Gasteiger partial charge in [0.1, 0.15) is 17.4 Å². The van der Waals surface area contributed by atoms with Gasteiger partial charge in [-0.05, 0) is 26.8 Å². The van der Waals surface area contributed by atoms with E-state index in [1.165, 1.54) is 12.3 Å². The predicted molar refractivity (Wildman–Crippen MR) is 72.0 cm³/mol. The summed E-state index contributed by atoms with van der Waals surface area (Å²) in [6.07, 6.45) is 1.96. The van der Waals surface area contributed by atoms with Crippen molar-refractivity contribution in [3.8, 4) is 11.8 Å². The van der Waals surface area contributed by atoms with Crippen LogP contribution in [0.25, 0.3) is 0 Å². The maximum absolute atomic E-state index is 11.3. The minimum Gasteiger partial charge on any atom is -0.444 e. The molecule has 1 aromatic rings. The minimum absolute atomic E-state index is 0.0361. The van der Waals surface area contributed by atoms with Crippen LogP contribution in [0.15, 0.2) is 18.5 Å². The van der Waals surface area contributed by atoms with Gasteiger partial charge >= 0.3 is 11.8 Å². The molecular weight excluding hydrogens is 262 g/mol. The van der Waals surface area contributed by atoms with Gasteiger partial charge in [0.05, 0.1) is 11.5 Å². The third kappa shape index (κ3) is 5.35. The molecule has 0 aliphatic carbocycles. The van der Waals surface area contributed by atoms with Crippen molar-refractivity contribution in [3.05, 3.63) is 34.1 Å². The zero-order chi connectivity index (χ0) is 15.2. The van der Waals surface area contributed by atoms with Crippen molar-refractivity contribution < 1.29 is 14.5 Å². The molecule has 20 heavy (non-hydrogen) atoms. The van der Waals surface area contributed by atoms with Gasteiger partial charge in [-0.15, -0.1) is 0 Å². The summed E-state index contributed by atoms with van der Waals surface area (Å²) in [6.45, 7) is 5.28. The highest BCUT2D eigenvalue weighted by atomic mass is 16.6. The van der Waals surface area contributed by atoms with Crippen LogP contribution in [0.1, 0.15) is 26.3 Å². The fraction of sp³-hybridized carbons (Fsp3) is 0.385. The Hall–Kier alpha value is -2.62. The maximum atomic E-state index is 11.3. The van der Waals surface area contributed by atoms with E-state index in [0.717, 1.165) is 6.20 Å². The monoisotopic (exact) mass is 277 g/mol. The van der Waals surface area contributed by atoms with Crippen molar-refractivity contribution in [2.45, 2.75) is 26.4 Å². The van der Waals surface area contributed by atoms with Gasteiger partial charge in [-0.3, -0.25) is 15.1 Å². The van der Waals surface area contributed by atoms with Crippen LogP contribution >= 0.6 is 0 Å². The van der Waals surface area contributed by atoms with Gasteiger partial charge < -0.3 is 10.1 Å². The normalized spacial score (nSPS) is 10.2. The largest absolute Gasteiger partial charge is 0.444 e. The molecule has 7 nitrogen and oxygen atoms in total. The molecule has 0 saturated carbocycles. The number of nitrogens with one attached hydrogen (secondary N) is 1. The molecule has 0 aliphatic heterocycles. The third-order valence-electron chi connectivity index (χ3n) is 1.94. The Morgan fingerprint density at radius 2 is 2.25 bits per heavy atom. The van der Waals surface area contributed by atoms with E-state index in [-0.39, 0.29) is 17.8 Å². The number of carbonyl (C=O) groups excluding carboxylic acids is 1. The lowest BCUT2D eigenvalue weighted by molar-refractivity contribution is -0.385. The number of hydrogen-bond donors (Lipinski definition) is 1. The van der Waals surface area contributed by atoms with Gasteiger partial charge in [-0.25, -0.2) is 4.79 Å². The minimum atomic E-state index is -0.587. The lowest BCUT2D eigenvalue weighted by Crippen LogP contribution is -2.32. The number of pyridine rings is 1. The summed E-state index contributed by atoms with van der Waals surface area (Å²) >= 11 is 0. The molecule has 1 amide bonds. The third-order valence-corrected chi connectivity index (χ3v) is 1.94. The van der Waals surface area contributed by atoms with Crippen LogP contribution in [0.4, 0.5) is 10.5 Å². The average Bonchev–Trinajstić information content (AvgIpc) is 2.33. The molecule has 0 saturated heterocycles. The van der Waals surface area contributed by atoms with Crippen LogP contribution in [0, 0.1) is 22.0 Å². The van der Waals surface area contributed by atoms with E-state index in [9.17, 15) is 14.9 Å². The highest BCUT2D eigenvalue weighted by Gasteiger charge is 2.15. The lowest BCUT2D eigenvalue weighted by atomic mass is 10.2. The molecule has 1 heterocycles. The topological polar surface area (TPSA) is 94.4 Å². The Bertz CT molecular complexity index is 567. The number of nitrogens with zero attached hydrogens (tertiary/aromatic N) is 2. The Kier molecular flexibility index (Phi) is 5.03. The Labute approximate surface area is 116 Å². The second kappa shape index (κ2) is 6.52. The van der Waals surface area contributed by atoms with E-state index < -0.39 is 16.6 Å². The summed E-state index contributed by atoms with van der Waals surface area (Å²) in [7, 11) is 0. The standard InChI is InChI=1S/C13H15N3O4/c1-13(2,3)20-12(17)15-7-4-5-10-6-8-14-9-11(10)16(18)19/h6,8-9H,7H2,1-3H3,(H,15,17). The fourth-order valence-corrected chi connectivity index (χ4v) is 1.21. The Morgan fingerprint density at radius 3 is 2.85 bits per heavy atom. The number of rotatable bonds is 2. The van der Waals surface area contributed by atoms with Crippen LogP contribution in [-0.2, 0) is 4.74 Å². The summed E-state index contributed by atoms with van der Waals surface area (Å²) in [6, 6.07) is 1.44. The van der Waals surface area contributed by atoms with Gasteiger partial charge in [0, 0.05) is 6.20 Å². The first-order valence-electron chi connectivity index (χ1n) is 5.84. The molecule has 0 spiro atoms. The van der Waals surface area contributed by atoms with Crippen LogP contribution in [0.5, 0.6) is 0 Å². The summed E-state index contributed by atoms with van der Waals surface area (Å²) in [4.78, 5) is 25.2. The first-order valence-corrected chi connectivity index (χ1v) is 5.84. The van der Waals surface area contributed by atoms with Crippen LogP contribution in [-0.4, -0.2) is 28.1 Å². The van der Waals surface area contributed by atoms with Crippen molar-refractivity contribution in [2.75, 3.05) is 6.54 Å². The molecule has 0 atom stereocenters. The number of amides is 1. The Morgan fingerprint density at radius 1 is 1.55 bits per heavy atom. The smallest absolute Gasteiger partial charge is 0.408 e. The second-order valence-electron chi connectivity index (χ2n) is 4.81. The van der Waals surface area contributed by atoms with E-state index in [0.29, 0.717) is 0 Å². The van der Waals surface area contributed by atoms with Gasteiger partial charge in [0.15, 0.2) is 0 Å². The van der Waals surface area contributed by atoms with Crippen molar-refractivity contribution in [1.82, 2.24) is 10.3 Å². The highest BCUT2D eigenvalue weighted by Crippen LogP contribution is 2.14. The molecule has 0 fully saturated rings. The summed E-state index contributed by atoms with van der Waals surface area (Å²) in [5.74, 6) is 5.23. The van der Waals surface area contributed by atoms with Crippen LogP contribution < -0.4 is 5.32 Å². The van der Waals surface area contributed by atoms with Gasteiger partial charge in [0.25, 0.3) is 0 Å². The highest BCUT2D eigenvalue weighted by molar-refractivity contribution is 5.68. The second-order valence-corrected chi connectivity index (χ2v) is 4.81. The molecule has 1 aromatic heterocycles. The molecule has 0 unspecified atom stereocenters. The van der Waals surface area contributed by atoms with Gasteiger partial charge in [-0.1, -0.05) is 11.8 Å². The fourth-order valence-electron chi connectivity index (χ4n) is 1.21. The summed E-state index contributed by atoms with van der Waals surface area (Å²) < 4.78 is 5.02. The molecule has 106 valence electrons. The van der Waals surface area contributed by atoms with Crippen molar-refractivity contribution in [3.63, 3.8) is 0 Å². The average molecular weight is 277 g/mol. The molecule has 1 rings (SSSR count). The number of alkyl carbamates (subject to hydrolysis) is 1. The Balaban J connectivity index is 2.60. The summed E-state index contributed by atoms with van der Waals surface area (Å²) in [5, 5.41) is 13.2. The number of nitro groups is 1. The number of aromatic nitrogens is 1. The zero-order valence-corrected chi connectivity index (χ0v) is 11.5. The van der Waals surface area contributed by atoms with E-state index >= 15 is 0 Å². The molecule has 0 aromatic carbocycles. The number of hydrogen-bond acceptors (Lipinski definition) is 5. The summed E-state index contributed by atoms with van der Waals surface area (Å²) in [5.41, 5.74) is -0.505. The van der Waals surface area contributed by atoms with Crippen molar-refractivity contribution >= 4 is 11.8 Å². The predicted octanol–water partition coefficient (Wildman–Crippen LogP) is 1.87. The van der Waals surface area contributed by atoms with E-state index in [4.69, 9.17) is 4.74 Å². The maximum Gasteiger partial charge on any atom is 0.408 e. The molecule has 0 aliphatic rings. The van der Waals surface area contributed by atoms with Crippen molar-refractivity contribution in [1.29, 1.82) is 0 Å². The van der Waals surface area contributed by atoms with Crippen molar-refractivity contribution in [2.24, 2.45) is 0 Å². The lowest BCUT2D eigenvalue weighted by Gasteiger charge is -2.18.